The maximum atomic E-state index is 12.9. The molecule has 2 N–H and O–H groups in total. The van der Waals surface area contributed by atoms with E-state index in [1.165, 1.54) is 56.7 Å². The highest BCUT2D eigenvalue weighted by atomic mass is 32.2. The molecular weight excluding hydrogens is 432 g/mol. The van der Waals surface area contributed by atoms with Crippen molar-refractivity contribution in [2.45, 2.75) is 11.8 Å². The molecule has 0 saturated carbocycles. The monoisotopic (exact) mass is 454 g/mol. The predicted octanol–water partition coefficient (Wildman–Crippen LogP) is 3.84. The van der Waals surface area contributed by atoms with Crippen LogP contribution in [0.3, 0.4) is 0 Å². The van der Waals surface area contributed by atoms with Gasteiger partial charge in [-0.2, -0.15) is 0 Å². The van der Waals surface area contributed by atoms with Crippen LogP contribution in [0.15, 0.2) is 71.6 Å². The number of ether oxygens (including phenoxy) is 2. The molecule has 32 heavy (non-hydrogen) atoms. The minimum absolute atomic E-state index is 0.0745. The Bertz CT molecular complexity index is 1240. The van der Waals surface area contributed by atoms with Gasteiger partial charge < -0.3 is 14.8 Å². The second-order valence-corrected chi connectivity index (χ2v) is 8.54. The van der Waals surface area contributed by atoms with E-state index in [4.69, 9.17) is 4.74 Å². The fourth-order valence-corrected chi connectivity index (χ4v) is 3.94. The van der Waals surface area contributed by atoms with Crippen LogP contribution in [0, 0.1) is 6.92 Å². The van der Waals surface area contributed by atoms with Crippen molar-refractivity contribution in [1.82, 2.24) is 0 Å². The molecule has 0 aliphatic heterocycles. The van der Waals surface area contributed by atoms with E-state index in [2.05, 4.69) is 14.8 Å². The summed E-state index contributed by atoms with van der Waals surface area (Å²) in [6.07, 6.45) is 0. The maximum absolute atomic E-state index is 12.9. The zero-order chi connectivity index (χ0) is 23.3. The van der Waals surface area contributed by atoms with Crippen molar-refractivity contribution in [2.24, 2.45) is 0 Å². The van der Waals surface area contributed by atoms with Gasteiger partial charge in [0.15, 0.2) is 0 Å². The van der Waals surface area contributed by atoms with Crippen LogP contribution in [0.4, 0.5) is 11.4 Å². The lowest BCUT2D eigenvalue weighted by molar-refractivity contribution is 0.0600. The average Bonchev–Trinajstić information content (AvgIpc) is 2.79. The molecule has 3 aromatic carbocycles. The Hall–Kier alpha value is -3.85. The van der Waals surface area contributed by atoms with Gasteiger partial charge in [0.25, 0.3) is 15.9 Å². The van der Waals surface area contributed by atoms with E-state index >= 15 is 0 Å². The highest BCUT2D eigenvalue weighted by Gasteiger charge is 2.19. The molecule has 0 unspecified atom stereocenters. The summed E-state index contributed by atoms with van der Waals surface area (Å²) < 4.78 is 38.1. The summed E-state index contributed by atoms with van der Waals surface area (Å²) in [5.74, 6) is -0.612. The quantitative estimate of drug-likeness (QED) is 0.525. The number of sulfonamides is 1. The summed E-state index contributed by atoms with van der Waals surface area (Å²) in [5, 5.41) is 2.69. The molecule has 8 nitrogen and oxygen atoms in total. The first kappa shape index (κ1) is 22.8. The summed E-state index contributed by atoms with van der Waals surface area (Å²) in [6.45, 7) is 1.91. The zero-order valence-electron chi connectivity index (χ0n) is 17.7. The normalized spacial score (nSPS) is 10.8. The average molecular weight is 455 g/mol. The van der Waals surface area contributed by atoms with E-state index in [9.17, 15) is 18.0 Å². The smallest absolute Gasteiger partial charge is 0.337 e. The van der Waals surface area contributed by atoms with Gasteiger partial charge in [-0.15, -0.1) is 0 Å². The van der Waals surface area contributed by atoms with Crippen LogP contribution in [0.1, 0.15) is 26.3 Å². The number of rotatable bonds is 7. The van der Waals surface area contributed by atoms with Crippen molar-refractivity contribution in [3.05, 3.63) is 83.4 Å². The Morgan fingerprint density at radius 3 is 2.06 bits per heavy atom. The number of aryl methyl sites for hydroxylation is 1. The number of anilines is 2. The molecule has 1 amide bonds. The molecule has 166 valence electrons. The lowest BCUT2D eigenvalue weighted by Crippen LogP contribution is -2.16. The highest BCUT2D eigenvalue weighted by molar-refractivity contribution is 7.92. The van der Waals surface area contributed by atoms with Crippen molar-refractivity contribution in [3.63, 3.8) is 0 Å². The Morgan fingerprint density at radius 2 is 1.47 bits per heavy atom. The molecule has 0 fully saturated rings. The number of benzene rings is 3. The number of carbonyl (C=O) groups excluding carboxylic acids is 2. The standard InChI is InChI=1S/C23H22N2O6S/c1-15-4-6-16(7-5-15)22(26)24-20-14-19(12-13-21(20)30-2)32(28,29)25-18-10-8-17(9-11-18)23(27)31-3/h4-14,25H,1-3H3,(H,24,26). The van der Waals surface area contributed by atoms with Gasteiger partial charge in [-0.05, 0) is 61.5 Å². The molecule has 0 spiro atoms. The molecule has 9 heteroatoms. The van der Waals surface area contributed by atoms with Gasteiger partial charge in [0.05, 0.1) is 30.4 Å². The zero-order valence-corrected chi connectivity index (χ0v) is 18.5. The molecular formula is C23H22N2O6S. The van der Waals surface area contributed by atoms with E-state index in [0.29, 0.717) is 16.9 Å². The van der Waals surface area contributed by atoms with E-state index in [0.717, 1.165) is 5.56 Å². The second-order valence-electron chi connectivity index (χ2n) is 6.86. The fraction of sp³-hybridized carbons (Fsp3) is 0.130. The van der Waals surface area contributed by atoms with Gasteiger partial charge >= 0.3 is 5.97 Å². The SMILES string of the molecule is COC(=O)c1ccc(NS(=O)(=O)c2ccc(OC)c(NC(=O)c3ccc(C)cc3)c2)cc1. The Labute approximate surface area is 186 Å². The van der Waals surface area contributed by atoms with Crippen LogP contribution in [-0.4, -0.2) is 34.5 Å². The number of amides is 1. The van der Waals surface area contributed by atoms with E-state index in [1.807, 2.05) is 19.1 Å². The van der Waals surface area contributed by atoms with Crippen LogP contribution >= 0.6 is 0 Å². The van der Waals surface area contributed by atoms with Crippen LogP contribution in [0.2, 0.25) is 0 Å². The third-order valence-electron chi connectivity index (χ3n) is 4.60. The van der Waals surface area contributed by atoms with Crippen molar-refractivity contribution in [1.29, 1.82) is 0 Å². The molecule has 0 aliphatic carbocycles. The maximum Gasteiger partial charge on any atom is 0.337 e. The fourth-order valence-electron chi connectivity index (χ4n) is 2.86. The van der Waals surface area contributed by atoms with E-state index in [-0.39, 0.29) is 16.3 Å². The first-order valence-corrected chi connectivity index (χ1v) is 11.0. The summed E-state index contributed by atoms with van der Waals surface area (Å²) in [4.78, 5) is 24.0. The van der Waals surface area contributed by atoms with Crippen molar-refractivity contribution < 1.29 is 27.5 Å². The van der Waals surface area contributed by atoms with Gasteiger partial charge in [-0.1, -0.05) is 17.7 Å². The first-order chi connectivity index (χ1) is 15.2. The summed E-state index contributed by atoms with van der Waals surface area (Å²) >= 11 is 0. The van der Waals surface area contributed by atoms with Gasteiger partial charge in [-0.25, -0.2) is 13.2 Å². The van der Waals surface area contributed by atoms with Gasteiger partial charge in [-0.3, -0.25) is 9.52 Å². The molecule has 0 radical (unpaired) electrons. The second kappa shape index (κ2) is 9.52. The van der Waals surface area contributed by atoms with Crippen molar-refractivity contribution >= 4 is 33.3 Å². The Kier molecular flexibility index (Phi) is 6.79. The minimum Gasteiger partial charge on any atom is -0.495 e. The van der Waals surface area contributed by atoms with E-state index < -0.39 is 21.9 Å². The van der Waals surface area contributed by atoms with Crippen LogP contribution in [0.25, 0.3) is 0 Å². The number of nitrogens with one attached hydrogen (secondary N) is 2. The molecule has 0 bridgehead atoms. The number of carbonyl (C=O) groups is 2. The van der Waals surface area contributed by atoms with Gasteiger partial charge in [0, 0.05) is 11.3 Å². The molecule has 3 rings (SSSR count). The topological polar surface area (TPSA) is 111 Å². The van der Waals surface area contributed by atoms with E-state index in [1.54, 1.807) is 12.1 Å². The lowest BCUT2D eigenvalue weighted by Gasteiger charge is -2.14. The highest BCUT2D eigenvalue weighted by Crippen LogP contribution is 2.29. The largest absolute Gasteiger partial charge is 0.495 e. The summed E-state index contributed by atoms with van der Waals surface area (Å²) in [5.41, 5.74) is 2.20. The predicted molar refractivity (Wildman–Crippen MR) is 121 cm³/mol. The molecule has 0 saturated heterocycles. The molecule has 3 aromatic rings. The number of esters is 1. The summed E-state index contributed by atoms with van der Waals surface area (Å²) in [6, 6.07) is 16.9. The number of hydrogen-bond donors (Lipinski definition) is 2. The van der Waals surface area contributed by atoms with Gasteiger partial charge in [0.1, 0.15) is 5.75 Å². The minimum atomic E-state index is -3.98. The van der Waals surface area contributed by atoms with Gasteiger partial charge in [0.2, 0.25) is 0 Å². The van der Waals surface area contributed by atoms with Crippen LogP contribution < -0.4 is 14.8 Å². The molecule has 0 atom stereocenters. The third-order valence-corrected chi connectivity index (χ3v) is 5.98. The lowest BCUT2D eigenvalue weighted by atomic mass is 10.1. The number of hydrogen-bond acceptors (Lipinski definition) is 6. The Balaban J connectivity index is 1.84. The van der Waals surface area contributed by atoms with Crippen molar-refractivity contribution in [3.8, 4) is 5.75 Å². The Morgan fingerprint density at radius 1 is 0.844 bits per heavy atom. The van der Waals surface area contributed by atoms with Crippen LogP contribution in [-0.2, 0) is 14.8 Å². The third kappa shape index (κ3) is 5.25. The molecule has 0 heterocycles. The van der Waals surface area contributed by atoms with Crippen LogP contribution in [0.5, 0.6) is 5.75 Å². The molecule has 0 aliphatic rings. The van der Waals surface area contributed by atoms with Crippen molar-refractivity contribution in [2.75, 3.05) is 24.3 Å². The summed E-state index contributed by atoms with van der Waals surface area (Å²) in [7, 11) is -1.29. The first-order valence-electron chi connectivity index (χ1n) is 9.51. The number of methoxy groups -OCH3 is 2. The molecule has 0 aromatic heterocycles.